The van der Waals surface area contributed by atoms with Crippen LogP contribution in [0.15, 0.2) is 58.4 Å². The largest absolute Gasteiger partial charge is 0.344 e. The second-order valence-electron chi connectivity index (χ2n) is 4.29. The fourth-order valence-corrected chi connectivity index (χ4v) is 1.79. The Labute approximate surface area is 135 Å². The molecule has 2 N–H and O–H groups in total. The minimum absolute atomic E-state index is 0.233. The number of carbonyl (C=O) groups excluding carboxylic acids is 2. The average molecular weight is 361 g/mol. The maximum atomic E-state index is 11.6. The van der Waals surface area contributed by atoms with Crippen molar-refractivity contribution >= 4 is 34.0 Å². The van der Waals surface area contributed by atoms with E-state index in [2.05, 4.69) is 36.8 Å². The van der Waals surface area contributed by atoms with Crippen LogP contribution in [0.25, 0.3) is 0 Å². The summed E-state index contributed by atoms with van der Waals surface area (Å²) in [6, 6.07) is 10.9. The zero-order valence-electron chi connectivity index (χ0n) is 11.5. The van der Waals surface area contributed by atoms with Crippen LogP contribution in [0.1, 0.15) is 11.1 Å². The maximum absolute atomic E-state index is 11.6. The van der Waals surface area contributed by atoms with Gasteiger partial charge in [-0.25, -0.2) is 5.43 Å². The van der Waals surface area contributed by atoms with E-state index in [1.807, 2.05) is 24.3 Å². The van der Waals surface area contributed by atoms with Crippen LogP contribution in [0.3, 0.4) is 0 Å². The molecule has 1 aromatic carbocycles. The van der Waals surface area contributed by atoms with E-state index in [0.717, 1.165) is 15.6 Å². The molecule has 0 radical (unpaired) electrons. The molecule has 112 valence electrons. The van der Waals surface area contributed by atoms with Gasteiger partial charge in [-0.3, -0.25) is 14.6 Å². The second-order valence-corrected chi connectivity index (χ2v) is 5.21. The standard InChI is InChI=1S/C15H13BrN4O2/c16-13-5-3-11(4-6-13)10-19-20-15(22)14(21)18-9-12-2-1-7-17-8-12/h1-8,10H,9H2,(H,18,21)(H,20,22)/b19-10+. The Bertz CT molecular complexity index is 672. The smallest absolute Gasteiger partial charge is 0.329 e. The zero-order valence-corrected chi connectivity index (χ0v) is 13.1. The molecule has 0 saturated heterocycles. The Morgan fingerprint density at radius 1 is 1.18 bits per heavy atom. The number of nitrogens with zero attached hydrogens (tertiary/aromatic N) is 2. The third-order valence-corrected chi connectivity index (χ3v) is 3.16. The summed E-state index contributed by atoms with van der Waals surface area (Å²) >= 11 is 3.32. The molecule has 2 aromatic rings. The van der Waals surface area contributed by atoms with Crippen molar-refractivity contribution in [3.05, 3.63) is 64.4 Å². The highest BCUT2D eigenvalue weighted by Gasteiger charge is 2.11. The maximum Gasteiger partial charge on any atom is 0.329 e. The minimum Gasteiger partial charge on any atom is -0.344 e. The molecule has 0 aliphatic rings. The number of halogens is 1. The second kappa shape index (κ2) is 8.04. The van der Waals surface area contributed by atoms with E-state index in [-0.39, 0.29) is 6.54 Å². The quantitative estimate of drug-likeness (QED) is 0.493. The Morgan fingerprint density at radius 2 is 1.95 bits per heavy atom. The summed E-state index contributed by atoms with van der Waals surface area (Å²) in [6.45, 7) is 0.233. The first-order valence-corrected chi connectivity index (χ1v) is 7.20. The molecule has 1 heterocycles. The van der Waals surface area contributed by atoms with Gasteiger partial charge < -0.3 is 5.32 Å². The highest BCUT2D eigenvalue weighted by molar-refractivity contribution is 9.10. The van der Waals surface area contributed by atoms with Crippen molar-refractivity contribution in [1.82, 2.24) is 15.7 Å². The summed E-state index contributed by atoms with van der Waals surface area (Å²) in [5, 5.41) is 6.22. The number of amides is 2. The summed E-state index contributed by atoms with van der Waals surface area (Å²) < 4.78 is 0.948. The van der Waals surface area contributed by atoms with Crippen LogP contribution in [0.4, 0.5) is 0 Å². The number of benzene rings is 1. The molecular formula is C15H13BrN4O2. The molecule has 22 heavy (non-hydrogen) atoms. The first-order valence-electron chi connectivity index (χ1n) is 6.41. The highest BCUT2D eigenvalue weighted by Crippen LogP contribution is 2.08. The van der Waals surface area contributed by atoms with Gasteiger partial charge in [-0.1, -0.05) is 34.1 Å². The van der Waals surface area contributed by atoms with Gasteiger partial charge in [0.25, 0.3) is 0 Å². The molecule has 0 spiro atoms. The molecule has 0 bridgehead atoms. The molecule has 0 fully saturated rings. The molecule has 2 amide bonds. The van der Waals surface area contributed by atoms with E-state index >= 15 is 0 Å². The zero-order chi connectivity index (χ0) is 15.8. The van der Waals surface area contributed by atoms with Gasteiger partial charge in [-0.05, 0) is 29.3 Å². The molecule has 0 aliphatic carbocycles. The first kappa shape index (κ1) is 15.8. The third kappa shape index (κ3) is 5.10. The highest BCUT2D eigenvalue weighted by atomic mass is 79.9. The van der Waals surface area contributed by atoms with Gasteiger partial charge in [-0.15, -0.1) is 0 Å². The normalized spacial score (nSPS) is 10.4. The predicted octanol–water partition coefficient (Wildman–Crippen LogP) is 1.61. The molecule has 7 heteroatoms. The fourth-order valence-electron chi connectivity index (χ4n) is 1.53. The molecule has 0 atom stereocenters. The van der Waals surface area contributed by atoms with Crippen LogP contribution >= 0.6 is 15.9 Å². The van der Waals surface area contributed by atoms with Crippen LogP contribution in [-0.4, -0.2) is 23.0 Å². The lowest BCUT2D eigenvalue weighted by Gasteiger charge is -2.03. The number of nitrogens with one attached hydrogen (secondary N) is 2. The number of hydrazone groups is 1. The Morgan fingerprint density at radius 3 is 2.64 bits per heavy atom. The molecule has 0 aliphatic heterocycles. The Balaban J connectivity index is 1.79. The van der Waals surface area contributed by atoms with Crippen LogP contribution in [0.5, 0.6) is 0 Å². The summed E-state index contributed by atoms with van der Waals surface area (Å²) in [7, 11) is 0. The predicted molar refractivity (Wildman–Crippen MR) is 86.0 cm³/mol. The number of pyridine rings is 1. The molecule has 1 aromatic heterocycles. The van der Waals surface area contributed by atoms with Crippen molar-refractivity contribution < 1.29 is 9.59 Å². The Kier molecular flexibility index (Phi) is 5.79. The monoisotopic (exact) mass is 360 g/mol. The number of aromatic nitrogens is 1. The van der Waals surface area contributed by atoms with Gasteiger partial charge in [-0.2, -0.15) is 5.10 Å². The van der Waals surface area contributed by atoms with Crippen molar-refractivity contribution in [2.45, 2.75) is 6.54 Å². The number of hydrogen-bond acceptors (Lipinski definition) is 4. The van der Waals surface area contributed by atoms with E-state index in [1.165, 1.54) is 6.21 Å². The lowest BCUT2D eigenvalue weighted by Crippen LogP contribution is -2.37. The van der Waals surface area contributed by atoms with E-state index in [9.17, 15) is 9.59 Å². The molecule has 6 nitrogen and oxygen atoms in total. The average Bonchev–Trinajstić information content (AvgIpc) is 2.55. The van der Waals surface area contributed by atoms with Gasteiger partial charge in [0.05, 0.1) is 6.21 Å². The van der Waals surface area contributed by atoms with Gasteiger partial charge in [0, 0.05) is 23.4 Å². The molecule has 2 rings (SSSR count). The summed E-state index contributed by atoms with van der Waals surface area (Å²) in [5.74, 6) is -1.57. The van der Waals surface area contributed by atoms with Crippen LogP contribution in [0, 0.1) is 0 Å². The number of carbonyl (C=O) groups is 2. The van der Waals surface area contributed by atoms with E-state index in [0.29, 0.717) is 0 Å². The van der Waals surface area contributed by atoms with Crippen LogP contribution in [0.2, 0.25) is 0 Å². The number of rotatable bonds is 4. The Hall–Kier alpha value is -2.54. The van der Waals surface area contributed by atoms with Crippen molar-refractivity contribution in [2.24, 2.45) is 5.10 Å². The topological polar surface area (TPSA) is 83.5 Å². The SMILES string of the molecule is O=C(NCc1cccnc1)C(=O)N/N=C/c1ccc(Br)cc1. The van der Waals surface area contributed by atoms with Crippen molar-refractivity contribution in [2.75, 3.05) is 0 Å². The first-order chi connectivity index (χ1) is 10.6. The lowest BCUT2D eigenvalue weighted by molar-refractivity contribution is -0.139. The summed E-state index contributed by atoms with van der Waals surface area (Å²) in [6.07, 6.45) is 4.71. The van der Waals surface area contributed by atoms with Crippen molar-refractivity contribution in [3.8, 4) is 0 Å². The van der Waals surface area contributed by atoms with E-state index in [4.69, 9.17) is 0 Å². The van der Waals surface area contributed by atoms with Gasteiger partial charge >= 0.3 is 11.8 Å². The van der Waals surface area contributed by atoms with Crippen LogP contribution in [-0.2, 0) is 16.1 Å². The van der Waals surface area contributed by atoms with Gasteiger partial charge in [0.2, 0.25) is 0 Å². The summed E-state index contributed by atoms with van der Waals surface area (Å²) in [5.41, 5.74) is 3.79. The third-order valence-electron chi connectivity index (χ3n) is 2.63. The summed E-state index contributed by atoms with van der Waals surface area (Å²) in [4.78, 5) is 27.0. The molecule has 0 saturated carbocycles. The molecule has 0 unspecified atom stereocenters. The van der Waals surface area contributed by atoms with E-state index < -0.39 is 11.8 Å². The van der Waals surface area contributed by atoms with Crippen molar-refractivity contribution in [1.29, 1.82) is 0 Å². The lowest BCUT2D eigenvalue weighted by atomic mass is 10.2. The number of hydrogen-bond donors (Lipinski definition) is 2. The van der Waals surface area contributed by atoms with Gasteiger partial charge in [0.15, 0.2) is 0 Å². The van der Waals surface area contributed by atoms with Gasteiger partial charge in [0.1, 0.15) is 0 Å². The molecular weight excluding hydrogens is 348 g/mol. The van der Waals surface area contributed by atoms with Crippen LogP contribution < -0.4 is 10.7 Å². The minimum atomic E-state index is -0.822. The fraction of sp³-hybridized carbons (Fsp3) is 0.0667. The van der Waals surface area contributed by atoms with Crippen molar-refractivity contribution in [3.63, 3.8) is 0 Å². The van der Waals surface area contributed by atoms with E-state index in [1.54, 1.807) is 24.5 Å².